The predicted octanol–water partition coefficient (Wildman–Crippen LogP) is 2.74. The van der Waals surface area contributed by atoms with Crippen molar-refractivity contribution < 1.29 is 44.1 Å². The molecule has 4 rings (SSSR count). The van der Waals surface area contributed by atoms with Crippen molar-refractivity contribution in [1.29, 1.82) is 0 Å². The maximum absolute atomic E-state index is 12.9. The van der Waals surface area contributed by atoms with E-state index >= 15 is 0 Å². The number of hydrogen-bond donors (Lipinski definition) is 7. The lowest BCUT2D eigenvalue weighted by Gasteiger charge is -2.55. The molecular formula is C34H49N13O9S4. The number of carbonyl (C=O) groups excluding carboxylic acids is 4. The highest BCUT2D eigenvalue weighted by atomic mass is 32.2. The van der Waals surface area contributed by atoms with E-state index in [2.05, 4.69) is 60.2 Å². The Morgan fingerprint density at radius 2 is 1.35 bits per heavy atom. The molecule has 2 aliphatic rings. The number of carboxylic acids is 2. The number of nitrogens with one attached hydrogen (secondary N) is 4. The number of azide groups is 2. The predicted molar refractivity (Wildman–Crippen MR) is 230 cm³/mol. The van der Waals surface area contributed by atoms with Gasteiger partial charge in [0.25, 0.3) is 5.91 Å². The third-order valence-corrected chi connectivity index (χ3v) is 15.1. The maximum atomic E-state index is 12.9. The van der Waals surface area contributed by atoms with Gasteiger partial charge in [-0.25, -0.2) is 4.68 Å². The molecule has 328 valence electrons. The van der Waals surface area contributed by atoms with Gasteiger partial charge in [0.05, 0.1) is 20.4 Å². The van der Waals surface area contributed by atoms with Crippen LogP contribution in [0.15, 0.2) is 40.7 Å². The van der Waals surface area contributed by atoms with Crippen LogP contribution >= 0.6 is 47.0 Å². The summed E-state index contributed by atoms with van der Waals surface area (Å²) in [4.78, 5) is 70.8. The summed E-state index contributed by atoms with van der Waals surface area (Å²) in [6.45, 7) is 5.57. The minimum atomic E-state index is -1.14. The van der Waals surface area contributed by atoms with Crippen molar-refractivity contribution in [3.8, 4) is 0 Å². The molecular weight excluding hydrogens is 863 g/mol. The van der Waals surface area contributed by atoms with E-state index in [9.17, 15) is 33.9 Å². The van der Waals surface area contributed by atoms with E-state index < -0.39 is 44.7 Å². The standard InChI is InChI=1S/C28H40N6O4S4.C4H6N4O3.C2H3N3O2/c1-4-29-23(35)17-31-24(36)19-34-18-22(32-33-34)11-12-30-25(37)20-7-9-21(10-8-20)28(38,26(2)39-13-5-14-40-26)27(3)41-15-6-16-42-27;5-8-7-1-3(9)6-2-4(10)11;3-5-4-1-2(6)7/h7-10,18,38H,4-6,11-17,19H2,1-3H3,(H,29,35)(H,30,37)(H,31,36);1-2H2,(H,6,9)(H,10,11);1H2,(H,6,7). The molecule has 3 heterocycles. The fraction of sp³-hybridized carbons (Fsp3) is 0.588. The molecule has 4 amide bonds. The van der Waals surface area contributed by atoms with Gasteiger partial charge in [-0.1, -0.05) is 27.6 Å². The molecule has 2 aliphatic heterocycles. The highest BCUT2D eigenvalue weighted by Gasteiger charge is 2.61. The Morgan fingerprint density at radius 3 is 1.85 bits per heavy atom. The van der Waals surface area contributed by atoms with Crippen LogP contribution in [0.1, 0.15) is 55.2 Å². The van der Waals surface area contributed by atoms with E-state index in [1.165, 1.54) is 4.68 Å². The lowest BCUT2D eigenvalue weighted by Crippen LogP contribution is -2.59. The molecule has 0 saturated carbocycles. The van der Waals surface area contributed by atoms with Crippen molar-refractivity contribution in [2.45, 2.75) is 60.3 Å². The van der Waals surface area contributed by atoms with Crippen molar-refractivity contribution >= 4 is 82.6 Å². The summed E-state index contributed by atoms with van der Waals surface area (Å²) in [5, 5.41) is 52.3. The van der Waals surface area contributed by atoms with Crippen LogP contribution in [0.2, 0.25) is 0 Å². The SMILES string of the molecule is CCNC(=O)CNC(=O)Cn1cc(CCNC(=O)c2ccc(C(O)(C3(C)SCCCS3)C3(C)SCCCS3)cc2)nn1.[N-]=[N+]=NCC(=O)NCC(=O)O.[N-]=[N+]=NCC(=O)O. The van der Waals surface area contributed by atoms with Crippen molar-refractivity contribution in [3.05, 3.63) is 68.2 Å². The summed E-state index contributed by atoms with van der Waals surface area (Å²) in [6, 6.07) is 7.43. The molecule has 2 fully saturated rings. The molecule has 0 bridgehead atoms. The number of benzene rings is 1. The highest BCUT2D eigenvalue weighted by molar-refractivity contribution is 8.20. The van der Waals surface area contributed by atoms with Crippen molar-refractivity contribution in [2.75, 3.05) is 62.3 Å². The summed E-state index contributed by atoms with van der Waals surface area (Å²) in [7, 11) is 0. The summed E-state index contributed by atoms with van der Waals surface area (Å²) in [6.07, 6.45) is 4.38. The van der Waals surface area contributed by atoms with E-state index in [0.717, 1.165) is 41.4 Å². The Hall–Kier alpha value is -4.84. The summed E-state index contributed by atoms with van der Waals surface area (Å²) in [5.41, 5.74) is 16.2. The molecule has 26 heteroatoms. The zero-order valence-electron chi connectivity index (χ0n) is 33.2. The highest BCUT2D eigenvalue weighted by Crippen LogP contribution is 2.64. The van der Waals surface area contributed by atoms with Gasteiger partial charge in [0.15, 0.2) is 0 Å². The lowest BCUT2D eigenvalue weighted by atomic mass is 9.86. The van der Waals surface area contributed by atoms with Gasteiger partial charge in [-0.3, -0.25) is 28.8 Å². The third-order valence-electron chi connectivity index (χ3n) is 8.33. The van der Waals surface area contributed by atoms with Crippen LogP contribution in [0.25, 0.3) is 20.9 Å². The number of nitrogens with zero attached hydrogens (tertiary/aromatic N) is 9. The van der Waals surface area contributed by atoms with Crippen LogP contribution in [-0.4, -0.2) is 136 Å². The fourth-order valence-electron chi connectivity index (χ4n) is 5.48. The van der Waals surface area contributed by atoms with Crippen LogP contribution in [0.3, 0.4) is 0 Å². The Kier molecular flexibility index (Phi) is 22.6. The van der Waals surface area contributed by atoms with Gasteiger partial charge >= 0.3 is 11.9 Å². The molecule has 0 radical (unpaired) electrons. The van der Waals surface area contributed by atoms with Crippen molar-refractivity contribution in [1.82, 2.24) is 36.3 Å². The Morgan fingerprint density at radius 1 is 0.800 bits per heavy atom. The number of aromatic nitrogens is 3. The fourth-order valence-corrected chi connectivity index (χ4v) is 12.6. The zero-order valence-corrected chi connectivity index (χ0v) is 36.5. The molecule has 7 N–H and O–H groups in total. The summed E-state index contributed by atoms with van der Waals surface area (Å²) >= 11 is 7.38. The summed E-state index contributed by atoms with van der Waals surface area (Å²) in [5.74, 6) is 0.439. The molecule has 1 aromatic carbocycles. The number of aliphatic carboxylic acids is 2. The Labute approximate surface area is 362 Å². The number of thioether (sulfide) groups is 4. The number of hydrogen-bond acceptors (Lipinski definition) is 15. The van der Waals surface area contributed by atoms with Crippen LogP contribution in [0, 0.1) is 0 Å². The van der Waals surface area contributed by atoms with Gasteiger partial charge in [0.2, 0.25) is 17.7 Å². The lowest BCUT2D eigenvalue weighted by molar-refractivity contribution is -0.137. The molecule has 2 aromatic rings. The second-order valence-electron chi connectivity index (χ2n) is 12.8. The molecule has 0 aliphatic carbocycles. The van der Waals surface area contributed by atoms with E-state index in [4.69, 9.17) is 21.3 Å². The average molecular weight is 912 g/mol. The number of rotatable bonds is 18. The second kappa shape index (κ2) is 26.4. The first-order valence-electron chi connectivity index (χ1n) is 18.3. The van der Waals surface area contributed by atoms with Gasteiger partial charge in [-0.05, 0) is 85.4 Å². The Balaban J connectivity index is 0.000000573. The quantitative estimate of drug-likeness (QED) is 0.0642. The van der Waals surface area contributed by atoms with Crippen LogP contribution in [-0.2, 0) is 42.5 Å². The van der Waals surface area contributed by atoms with Gasteiger partial charge in [0, 0.05) is 41.1 Å². The first-order chi connectivity index (χ1) is 28.5. The van der Waals surface area contributed by atoms with Gasteiger partial charge < -0.3 is 36.6 Å². The molecule has 0 spiro atoms. The largest absolute Gasteiger partial charge is 0.481 e. The van der Waals surface area contributed by atoms with E-state index in [-0.39, 0.29) is 37.4 Å². The van der Waals surface area contributed by atoms with Gasteiger partial charge in [-0.15, -0.1) is 52.1 Å². The summed E-state index contributed by atoms with van der Waals surface area (Å²) < 4.78 is 0.600. The number of likely N-dealkylation sites (N-methyl/N-ethyl adjacent to an activating group) is 1. The van der Waals surface area contributed by atoms with E-state index in [0.29, 0.717) is 30.8 Å². The maximum Gasteiger partial charge on any atom is 0.322 e. The second-order valence-corrected chi connectivity index (χ2v) is 19.3. The topological polar surface area (TPSA) is 339 Å². The van der Waals surface area contributed by atoms with Gasteiger partial charge in [0.1, 0.15) is 31.8 Å². The van der Waals surface area contributed by atoms with Crippen LogP contribution in [0.4, 0.5) is 0 Å². The van der Waals surface area contributed by atoms with Crippen LogP contribution in [0.5, 0.6) is 0 Å². The third kappa shape index (κ3) is 16.7. The van der Waals surface area contributed by atoms with E-state index in [1.807, 2.05) is 71.4 Å². The van der Waals surface area contributed by atoms with Crippen molar-refractivity contribution in [2.24, 2.45) is 10.2 Å². The molecule has 1 aromatic heterocycles. The molecule has 22 nitrogen and oxygen atoms in total. The van der Waals surface area contributed by atoms with Crippen LogP contribution < -0.4 is 21.3 Å². The molecule has 0 atom stereocenters. The minimum Gasteiger partial charge on any atom is -0.481 e. The number of amides is 4. The van der Waals surface area contributed by atoms with E-state index in [1.54, 1.807) is 18.3 Å². The molecule has 2 saturated heterocycles. The first kappa shape index (κ1) is 51.3. The normalized spacial score (nSPS) is 15.0. The zero-order chi connectivity index (χ0) is 44.6. The smallest absolute Gasteiger partial charge is 0.322 e. The van der Waals surface area contributed by atoms with Crippen molar-refractivity contribution in [3.63, 3.8) is 0 Å². The number of carboxylic acid groups (broad SMARTS) is 2. The Bertz CT molecular complexity index is 1840. The average Bonchev–Trinajstić information content (AvgIpc) is 3.67. The minimum absolute atomic E-state index is 0.0520. The first-order valence-corrected chi connectivity index (χ1v) is 22.3. The number of carbonyl (C=O) groups is 6. The molecule has 0 unspecified atom stereocenters. The van der Waals surface area contributed by atoms with Gasteiger partial charge in [-0.2, -0.15) is 0 Å². The molecule has 60 heavy (non-hydrogen) atoms. The monoisotopic (exact) mass is 911 g/mol. The number of aliphatic hydroxyl groups is 1.